The maximum atomic E-state index is 3.68. The Morgan fingerprint density at radius 3 is 2.30 bits per heavy atom. The monoisotopic (exact) mass is 267 g/mol. The van der Waals surface area contributed by atoms with Crippen molar-refractivity contribution in [3.63, 3.8) is 0 Å². The quantitative estimate of drug-likeness (QED) is 0.719. The molecule has 0 aliphatic carbocycles. The van der Waals surface area contributed by atoms with Crippen molar-refractivity contribution in [2.75, 3.05) is 6.54 Å². The van der Waals surface area contributed by atoms with Gasteiger partial charge >= 0.3 is 0 Å². The van der Waals surface area contributed by atoms with Crippen LogP contribution in [0.2, 0.25) is 0 Å². The summed E-state index contributed by atoms with van der Waals surface area (Å²) in [5.41, 5.74) is 4.16. The van der Waals surface area contributed by atoms with Crippen LogP contribution in [0.3, 0.4) is 0 Å². The number of hydrogen-bond acceptors (Lipinski definition) is 1. The SMILES string of the molecule is CCC(NCCCc1ccccc1)c1ccc(C)cc1. The van der Waals surface area contributed by atoms with Crippen molar-refractivity contribution < 1.29 is 0 Å². The molecule has 1 nitrogen and oxygen atoms in total. The largest absolute Gasteiger partial charge is 0.310 e. The lowest BCUT2D eigenvalue weighted by Gasteiger charge is -2.17. The molecule has 0 spiro atoms. The highest BCUT2D eigenvalue weighted by atomic mass is 14.9. The number of nitrogens with one attached hydrogen (secondary N) is 1. The van der Waals surface area contributed by atoms with Crippen LogP contribution < -0.4 is 5.32 Å². The summed E-state index contributed by atoms with van der Waals surface area (Å²) < 4.78 is 0. The van der Waals surface area contributed by atoms with E-state index in [1.165, 1.54) is 23.1 Å². The minimum Gasteiger partial charge on any atom is -0.310 e. The average Bonchev–Trinajstić information content (AvgIpc) is 2.50. The molecule has 0 radical (unpaired) electrons. The van der Waals surface area contributed by atoms with Gasteiger partial charge in [-0.2, -0.15) is 0 Å². The molecule has 1 heteroatoms. The predicted octanol–water partition coefficient (Wildman–Crippen LogP) is 4.67. The van der Waals surface area contributed by atoms with Gasteiger partial charge in [0.15, 0.2) is 0 Å². The Kier molecular flexibility index (Phi) is 5.82. The number of hydrogen-bond donors (Lipinski definition) is 1. The van der Waals surface area contributed by atoms with Gasteiger partial charge in [-0.3, -0.25) is 0 Å². The van der Waals surface area contributed by atoms with Gasteiger partial charge in [-0.15, -0.1) is 0 Å². The summed E-state index contributed by atoms with van der Waals surface area (Å²) in [7, 11) is 0. The molecular formula is C19H25N. The van der Waals surface area contributed by atoms with E-state index < -0.39 is 0 Å². The molecule has 0 saturated carbocycles. The van der Waals surface area contributed by atoms with Crippen molar-refractivity contribution in [3.8, 4) is 0 Å². The molecule has 0 saturated heterocycles. The van der Waals surface area contributed by atoms with Gasteiger partial charge in [-0.25, -0.2) is 0 Å². The van der Waals surface area contributed by atoms with Gasteiger partial charge in [0, 0.05) is 6.04 Å². The summed E-state index contributed by atoms with van der Waals surface area (Å²) in [5.74, 6) is 0. The Labute approximate surface area is 123 Å². The molecule has 0 aromatic heterocycles. The zero-order valence-corrected chi connectivity index (χ0v) is 12.6. The van der Waals surface area contributed by atoms with Crippen molar-refractivity contribution in [2.45, 2.75) is 39.2 Å². The summed E-state index contributed by atoms with van der Waals surface area (Å²) in [6.45, 7) is 5.45. The second-order valence-corrected chi connectivity index (χ2v) is 5.41. The van der Waals surface area contributed by atoms with E-state index in [4.69, 9.17) is 0 Å². The van der Waals surface area contributed by atoms with Gasteiger partial charge in [0.2, 0.25) is 0 Å². The van der Waals surface area contributed by atoms with Gasteiger partial charge in [0.25, 0.3) is 0 Å². The van der Waals surface area contributed by atoms with Crippen molar-refractivity contribution in [1.29, 1.82) is 0 Å². The van der Waals surface area contributed by atoms with Gasteiger partial charge in [-0.1, -0.05) is 67.1 Å². The highest BCUT2D eigenvalue weighted by Crippen LogP contribution is 2.17. The first kappa shape index (κ1) is 14.8. The van der Waals surface area contributed by atoms with Crippen LogP contribution in [0.15, 0.2) is 54.6 Å². The zero-order chi connectivity index (χ0) is 14.2. The lowest BCUT2D eigenvalue weighted by atomic mass is 10.0. The Bertz CT molecular complexity index is 487. The molecule has 0 amide bonds. The molecule has 0 aliphatic heterocycles. The molecule has 0 aliphatic rings. The van der Waals surface area contributed by atoms with E-state index >= 15 is 0 Å². The van der Waals surface area contributed by atoms with E-state index in [9.17, 15) is 0 Å². The Balaban J connectivity index is 1.78. The fourth-order valence-corrected chi connectivity index (χ4v) is 2.51. The first-order valence-corrected chi connectivity index (χ1v) is 7.63. The molecule has 0 heterocycles. The standard InChI is InChI=1S/C19H25N/c1-3-19(18-13-11-16(2)12-14-18)20-15-7-10-17-8-5-4-6-9-17/h4-6,8-9,11-14,19-20H,3,7,10,15H2,1-2H3. The fraction of sp³-hybridized carbons (Fsp3) is 0.368. The van der Waals surface area contributed by atoms with Crippen molar-refractivity contribution in [2.24, 2.45) is 0 Å². The van der Waals surface area contributed by atoms with Crippen LogP contribution in [0.1, 0.15) is 42.5 Å². The molecule has 20 heavy (non-hydrogen) atoms. The smallest absolute Gasteiger partial charge is 0.0317 e. The lowest BCUT2D eigenvalue weighted by molar-refractivity contribution is 0.510. The third-order valence-corrected chi connectivity index (χ3v) is 3.76. The predicted molar refractivity (Wildman–Crippen MR) is 87.0 cm³/mol. The van der Waals surface area contributed by atoms with Gasteiger partial charge < -0.3 is 5.32 Å². The number of benzene rings is 2. The maximum Gasteiger partial charge on any atom is 0.0317 e. The summed E-state index contributed by atoms with van der Waals surface area (Å²) in [5, 5.41) is 3.68. The second-order valence-electron chi connectivity index (χ2n) is 5.41. The van der Waals surface area contributed by atoms with Crippen LogP contribution in [0.25, 0.3) is 0 Å². The van der Waals surface area contributed by atoms with E-state index in [2.05, 4.69) is 73.8 Å². The molecule has 2 aromatic rings. The van der Waals surface area contributed by atoms with Crippen LogP contribution in [0.4, 0.5) is 0 Å². The third-order valence-electron chi connectivity index (χ3n) is 3.76. The molecule has 1 unspecified atom stereocenters. The van der Waals surface area contributed by atoms with Crippen molar-refractivity contribution in [3.05, 3.63) is 71.3 Å². The fourth-order valence-electron chi connectivity index (χ4n) is 2.51. The van der Waals surface area contributed by atoms with Crippen LogP contribution in [-0.4, -0.2) is 6.54 Å². The van der Waals surface area contributed by atoms with E-state index in [0.29, 0.717) is 6.04 Å². The molecule has 0 fully saturated rings. The van der Waals surface area contributed by atoms with E-state index in [0.717, 1.165) is 19.4 Å². The van der Waals surface area contributed by atoms with Gasteiger partial charge in [0.05, 0.1) is 0 Å². The average molecular weight is 267 g/mol. The molecule has 106 valence electrons. The topological polar surface area (TPSA) is 12.0 Å². The molecule has 1 atom stereocenters. The lowest BCUT2D eigenvalue weighted by Crippen LogP contribution is -2.22. The van der Waals surface area contributed by atoms with Gasteiger partial charge in [-0.05, 0) is 43.9 Å². The minimum absolute atomic E-state index is 0.478. The van der Waals surface area contributed by atoms with Crippen molar-refractivity contribution in [1.82, 2.24) is 5.32 Å². The van der Waals surface area contributed by atoms with E-state index in [1.807, 2.05) is 0 Å². The summed E-state index contributed by atoms with van der Waals surface area (Å²) in [6, 6.07) is 20.1. The molecule has 0 bridgehead atoms. The van der Waals surface area contributed by atoms with E-state index in [1.54, 1.807) is 0 Å². The van der Waals surface area contributed by atoms with Crippen LogP contribution in [0, 0.1) is 6.92 Å². The number of rotatable bonds is 7. The molecule has 1 N–H and O–H groups in total. The highest BCUT2D eigenvalue weighted by Gasteiger charge is 2.07. The first-order chi connectivity index (χ1) is 9.79. The second kappa shape index (κ2) is 7.86. The molecule has 2 aromatic carbocycles. The van der Waals surface area contributed by atoms with Gasteiger partial charge in [0.1, 0.15) is 0 Å². The Hall–Kier alpha value is -1.60. The summed E-state index contributed by atoms with van der Waals surface area (Å²) >= 11 is 0. The highest BCUT2D eigenvalue weighted by molar-refractivity contribution is 5.24. The maximum absolute atomic E-state index is 3.68. The Morgan fingerprint density at radius 2 is 1.65 bits per heavy atom. The van der Waals surface area contributed by atoms with Crippen molar-refractivity contribution >= 4 is 0 Å². The third kappa shape index (κ3) is 4.50. The Morgan fingerprint density at radius 1 is 0.950 bits per heavy atom. The van der Waals surface area contributed by atoms with E-state index in [-0.39, 0.29) is 0 Å². The van der Waals surface area contributed by atoms with Crippen LogP contribution in [0.5, 0.6) is 0 Å². The molecule has 2 rings (SSSR count). The van der Waals surface area contributed by atoms with Crippen LogP contribution in [-0.2, 0) is 6.42 Å². The molecular weight excluding hydrogens is 242 g/mol. The zero-order valence-electron chi connectivity index (χ0n) is 12.6. The van der Waals surface area contributed by atoms with Crippen LogP contribution >= 0.6 is 0 Å². The minimum atomic E-state index is 0.478. The first-order valence-electron chi connectivity index (χ1n) is 7.63. The summed E-state index contributed by atoms with van der Waals surface area (Å²) in [6.07, 6.45) is 3.47. The number of aryl methyl sites for hydroxylation is 2. The normalized spacial score (nSPS) is 12.3. The summed E-state index contributed by atoms with van der Waals surface area (Å²) in [4.78, 5) is 0.